The predicted octanol–water partition coefficient (Wildman–Crippen LogP) is 2.64. The number of hydrogen-bond donors (Lipinski definition) is 1. The molecule has 0 amide bonds. The van der Waals surface area contributed by atoms with Crippen molar-refractivity contribution in [3.8, 4) is 0 Å². The van der Waals surface area contributed by atoms with Crippen LogP contribution in [-0.4, -0.2) is 37.1 Å². The molecule has 3 aliphatic carbocycles. The molecule has 0 aromatic heterocycles. The van der Waals surface area contributed by atoms with E-state index in [0.29, 0.717) is 0 Å². The fourth-order valence-corrected chi connectivity index (χ4v) is 3.39. The first-order chi connectivity index (χ1) is 8.35. The zero-order valence-corrected chi connectivity index (χ0v) is 11.3. The third-order valence-electron chi connectivity index (χ3n) is 4.95. The molecule has 0 spiro atoms. The van der Waals surface area contributed by atoms with E-state index in [2.05, 4.69) is 17.3 Å². The summed E-state index contributed by atoms with van der Waals surface area (Å²) in [6, 6.07) is 1.68. The van der Waals surface area contributed by atoms with E-state index < -0.39 is 0 Å². The van der Waals surface area contributed by atoms with Crippen LogP contribution in [-0.2, 0) is 0 Å². The Morgan fingerprint density at radius 3 is 2.12 bits per heavy atom. The van der Waals surface area contributed by atoms with E-state index in [1.165, 1.54) is 64.5 Å². The maximum absolute atomic E-state index is 3.50. The van der Waals surface area contributed by atoms with Gasteiger partial charge in [-0.3, -0.25) is 4.90 Å². The molecule has 17 heavy (non-hydrogen) atoms. The van der Waals surface area contributed by atoms with Gasteiger partial charge in [0.2, 0.25) is 0 Å². The second kappa shape index (κ2) is 5.27. The lowest BCUT2D eigenvalue weighted by molar-refractivity contribution is 0.130. The van der Waals surface area contributed by atoms with E-state index in [1.54, 1.807) is 0 Å². The molecule has 98 valence electrons. The topological polar surface area (TPSA) is 15.3 Å². The van der Waals surface area contributed by atoms with Crippen LogP contribution in [0.25, 0.3) is 0 Å². The third-order valence-corrected chi connectivity index (χ3v) is 4.95. The van der Waals surface area contributed by atoms with Crippen LogP contribution in [0.2, 0.25) is 0 Å². The SMILES string of the molecule is CNC1CCCC(N(CC2CC2)CC2CC2)C1. The van der Waals surface area contributed by atoms with Gasteiger partial charge in [-0.25, -0.2) is 0 Å². The highest BCUT2D eigenvalue weighted by molar-refractivity contribution is 4.89. The van der Waals surface area contributed by atoms with Crippen molar-refractivity contribution in [2.75, 3.05) is 20.1 Å². The van der Waals surface area contributed by atoms with Crippen molar-refractivity contribution < 1.29 is 0 Å². The van der Waals surface area contributed by atoms with E-state index in [-0.39, 0.29) is 0 Å². The Labute approximate surface area is 106 Å². The quantitative estimate of drug-likeness (QED) is 0.763. The molecule has 0 aliphatic heterocycles. The van der Waals surface area contributed by atoms with Crippen molar-refractivity contribution >= 4 is 0 Å². The molecule has 3 saturated carbocycles. The molecule has 2 atom stereocenters. The molecule has 3 aliphatic rings. The second-order valence-electron chi connectivity index (χ2n) is 6.65. The fraction of sp³-hybridized carbons (Fsp3) is 1.00. The van der Waals surface area contributed by atoms with Crippen molar-refractivity contribution in [2.45, 2.75) is 63.5 Å². The van der Waals surface area contributed by atoms with Crippen molar-refractivity contribution in [1.82, 2.24) is 10.2 Å². The van der Waals surface area contributed by atoms with Crippen molar-refractivity contribution in [1.29, 1.82) is 0 Å². The van der Waals surface area contributed by atoms with Crippen LogP contribution in [0.15, 0.2) is 0 Å². The Kier molecular flexibility index (Phi) is 3.72. The highest BCUT2D eigenvalue weighted by Crippen LogP contribution is 2.36. The molecule has 0 radical (unpaired) electrons. The molecule has 2 nitrogen and oxygen atoms in total. The van der Waals surface area contributed by atoms with Gasteiger partial charge in [0.1, 0.15) is 0 Å². The van der Waals surface area contributed by atoms with Gasteiger partial charge in [0, 0.05) is 25.2 Å². The molecule has 2 heteroatoms. The smallest absolute Gasteiger partial charge is 0.0110 e. The van der Waals surface area contributed by atoms with Gasteiger partial charge < -0.3 is 5.32 Å². The summed E-state index contributed by atoms with van der Waals surface area (Å²) in [5.41, 5.74) is 0. The van der Waals surface area contributed by atoms with Gasteiger partial charge in [-0.15, -0.1) is 0 Å². The van der Waals surface area contributed by atoms with E-state index >= 15 is 0 Å². The molecule has 3 rings (SSSR count). The molecule has 2 unspecified atom stereocenters. The summed E-state index contributed by atoms with van der Waals surface area (Å²) in [5.74, 6) is 2.12. The summed E-state index contributed by atoms with van der Waals surface area (Å²) in [7, 11) is 2.14. The summed E-state index contributed by atoms with van der Waals surface area (Å²) >= 11 is 0. The zero-order valence-electron chi connectivity index (χ0n) is 11.3. The number of nitrogens with one attached hydrogen (secondary N) is 1. The van der Waals surface area contributed by atoms with E-state index in [1.807, 2.05) is 0 Å². The average Bonchev–Trinajstić information content (AvgIpc) is 3.23. The monoisotopic (exact) mass is 236 g/mol. The molecule has 3 fully saturated rings. The van der Waals surface area contributed by atoms with Crippen LogP contribution in [0.5, 0.6) is 0 Å². The second-order valence-corrected chi connectivity index (χ2v) is 6.65. The standard InChI is InChI=1S/C15H28N2/c1-16-14-3-2-4-15(9-14)17(10-12-5-6-12)11-13-7-8-13/h12-16H,2-11H2,1H3. The van der Waals surface area contributed by atoms with E-state index in [0.717, 1.165) is 23.9 Å². The van der Waals surface area contributed by atoms with E-state index in [9.17, 15) is 0 Å². The Morgan fingerprint density at radius 1 is 0.941 bits per heavy atom. The first-order valence-corrected chi connectivity index (χ1v) is 7.76. The van der Waals surface area contributed by atoms with Gasteiger partial charge in [0.25, 0.3) is 0 Å². The number of hydrogen-bond acceptors (Lipinski definition) is 2. The van der Waals surface area contributed by atoms with Crippen molar-refractivity contribution in [3.05, 3.63) is 0 Å². The highest BCUT2D eigenvalue weighted by Gasteiger charge is 2.34. The van der Waals surface area contributed by atoms with E-state index in [4.69, 9.17) is 0 Å². The predicted molar refractivity (Wildman–Crippen MR) is 72.1 cm³/mol. The summed E-state index contributed by atoms with van der Waals surface area (Å²) in [6.45, 7) is 2.83. The molecular weight excluding hydrogens is 208 g/mol. The Bertz CT molecular complexity index is 231. The Hall–Kier alpha value is -0.0800. The van der Waals surface area contributed by atoms with Crippen molar-refractivity contribution in [2.24, 2.45) is 11.8 Å². The van der Waals surface area contributed by atoms with Crippen LogP contribution in [0.3, 0.4) is 0 Å². The van der Waals surface area contributed by atoms with Gasteiger partial charge in [-0.1, -0.05) is 6.42 Å². The van der Waals surface area contributed by atoms with Gasteiger partial charge in [-0.05, 0) is 63.8 Å². The minimum atomic E-state index is 0.787. The van der Waals surface area contributed by atoms with Crippen LogP contribution < -0.4 is 5.32 Å². The fourth-order valence-electron chi connectivity index (χ4n) is 3.39. The maximum atomic E-state index is 3.50. The summed E-state index contributed by atoms with van der Waals surface area (Å²) < 4.78 is 0. The third kappa shape index (κ3) is 3.45. The van der Waals surface area contributed by atoms with Gasteiger partial charge >= 0.3 is 0 Å². The molecule has 1 N–H and O–H groups in total. The average molecular weight is 236 g/mol. The molecule has 0 aromatic rings. The van der Waals surface area contributed by atoms with Crippen LogP contribution >= 0.6 is 0 Å². The number of rotatable bonds is 6. The minimum Gasteiger partial charge on any atom is -0.317 e. The summed E-state index contributed by atoms with van der Waals surface area (Å²) in [5, 5.41) is 3.50. The molecular formula is C15H28N2. The minimum absolute atomic E-state index is 0.787. The molecule has 0 bridgehead atoms. The van der Waals surface area contributed by atoms with Gasteiger partial charge in [-0.2, -0.15) is 0 Å². The molecule has 0 saturated heterocycles. The lowest BCUT2D eigenvalue weighted by atomic mass is 9.89. The first kappa shape index (κ1) is 12.0. The maximum Gasteiger partial charge on any atom is 0.0110 e. The van der Waals surface area contributed by atoms with Crippen molar-refractivity contribution in [3.63, 3.8) is 0 Å². The van der Waals surface area contributed by atoms with Crippen LogP contribution in [0, 0.1) is 11.8 Å². The lowest BCUT2D eigenvalue weighted by Gasteiger charge is -2.38. The molecule has 0 heterocycles. The zero-order chi connectivity index (χ0) is 11.7. The summed E-state index contributed by atoms with van der Waals surface area (Å²) in [6.07, 6.45) is 11.7. The molecule has 0 aromatic carbocycles. The van der Waals surface area contributed by atoms with Crippen LogP contribution in [0.4, 0.5) is 0 Å². The van der Waals surface area contributed by atoms with Crippen LogP contribution in [0.1, 0.15) is 51.4 Å². The Morgan fingerprint density at radius 2 is 1.59 bits per heavy atom. The lowest BCUT2D eigenvalue weighted by Crippen LogP contribution is -2.45. The normalized spacial score (nSPS) is 34.2. The van der Waals surface area contributed by atoms with Gasteiger partial charge in [0.05, 0.1) is 0 Å². The Balaban J connectivity index is 1.55. The first-order valence-electron chi connectivity index (χ1n) is 7.76. The number of nitrogens with zero attached hydrogens (tertiary/aromatic N) is 1. The highest BCUT2D eigenvalue weighted by atomic mass is 15.2. The summed E-state index contributed by atoms with van der Waals surface area (Å²) in [4.78, 5) is 2.87. The van der Waals surface area contributed by atoms with Gasteiger partial charge in [0.15, 0.2) is 0 Å². The largest absolute Gasteiger partial charge is 0.317 e.